The van der Waals surface area contributed by atoms with E-state index in [4.69, 9.17) is 15.7 Å². The highest BCUT2D eigenvalue weighted by Gasteiger charge is 2.05. The van der Waals surface area contributed by atoms with Gasteiger partial charge in [0.25, 0.3) is 0 Å². The third-order valence-electron chi connectivity index (χ3n) is 2.39. The van der Waals surface area contributed by atoms with Gasteiger partial charge >= 0.3 is 0 Å². The van der Waals surface area contributed by atoms with Crippen molar-refractivity contribution in [1.82, 2.24) is 4.98 Å². The van der Waals surface area contributed by atoms with Crippen molar-refractivity contribution in [3.8, 4) is 11.8 Å². The number of nitrogens with zero attached hydrogens (tertiary/aromatic N) is 2. The molecule has 90 valence electrons. The van der Waals surface area contributed by atoms with Crippen molar-refractivity contribution < 1.29 is 4.74 Å². The van der Waals surface area contributed by atoms with Crippen LogP contribution in [0.2, 0.25) is 0 Å². The molecule has 5 nitrogen and oxygen atoms in total. The van der Waals surface area contributed by atoms with Crippen molar-refractivity contribution in [2.24, 2.45) is 0 Å². The van der Waals surface area contributed by atoms with E-state index in [-0.39, 0.29) is 0 Å². The molecule has 3 N–H and O–H groups in total. The summed E-state index contributed by atoms with van der Waals surface area (Å²) in [7, 11) is 1.56. The molecule has 2 aromatic rings. The van der Waals surface area contributed by atoms with E-state index in [2.05, 4.69) is 16.4 Å². The Hall–Kier alpha value is -2.74. The van der Waals surface area contributed by atoms with Gasteiger partial charge in [0, 0.05) is 24.0 Å². The largest absolute Gasteiger partial charge is 0.495 e. The first-order chi connectivity index (χ1) is 8.72. The van der Waals surface area contributed by atoms with Gasteiger partial charge in [-0.25, -0.2) is 4.98 Å². The average molecular weight is 240 g/mol. The minimum atomic E-state index is 0.438. The smallest absolute Gasteiger partial charge is 0.143 e. The Labute approximate surface area is 105 Å². The third-order valence-corrected chi connectivity index (χ3v) is 2.39. The second-order valence-corrected chi connectivity index (χ2v) is 3.62. The predicted molar refractivity (Wildman–Crippen MR) is 69.6 cm³/mol. The van der Waals surface area contributed by atoms with E-state index in [1.165, 1.54) is 0 Å². The number of hydrogen-bond acceptors (Lipinski definition) is 5. The van der Waals surface area contributed by atoms with Crippen molar-refractivity contribution in [3.63, 3.8) is 0 Å². The zero-order chi connectivity index (χ0) is 13.0. The number of pyridine rings is 1. The number of benzene rings is 1. The van der Waals surface area contributed by atoms with Crippen molar-refractivity contribution >= 4 is 17.2 Å². The Kier molecular flexibility index (Phi) is 3.30. The standard InChI is InChI=1S/C13H12N4O/c1-18-12-6-9(8-14)2-3-11(12)17-10-4-5-16-13(15)7-10/h2-7H,1H3,(H3,15,16,17). The monoisotopic (exact) mass is 240 g/mol. The summed E-state index contributed by atoms with van der Waals surface area (Å²) < 4.78 is 5.23. The molecule has 0 spiro atoms. The molecule has 0 unspecified atom stereocenters. The highest BCUT2D eigenvalue weighted by Crippen LogP contribution is 2.28. The maximum atomic E-state index is 8.82. The lowest BCUT2D eigenvalue weighted by atomic mass is 10.2. The summed E-state index contributed by atoms with van der Waals surface area (Å²) in [6, 6.07) is 10.8. The Morgan fingerprint density at radius 2 is 2.17 bits per heavy atom. The summed E-state index contributed by atoms with van der Waals surface area (Å²) >= 11 is 0. The van der Waals surface area contributed by atoms with Gasteiger partial charge in [0.05, 0.1) is 24.4 Å². The van der Waals surface area contributed by atoms with Crippen molar-refractivity contribution in [1.29, 1.82) is 5.26 Å². The van der Waals surface area contributed by atoms with E-state index in [0.29, 0.717) is 17.1 Å². The first kappa shape index (κ1) is 11.7. The lowest BCUT2D eigenvalue weighted by molar-refractivity contribution is 0.416. The molecule has 0 aliphatic carbocycles. The molecule has 0 radical (unpaired) electrons. The first-order valence-electron chi connectivity index (χ1n) is 5.29. The molecule has 0 saturated heterocycles. The summed E-state index contributed by atoms with van der Waals surface area (Å²) in [5.41, 5.74) is 7.73. The minimum absolute atomic E-state index is 0.438. The van der Waals surface area contributed by atoms with Crippen LogP contribution < -0.4 is 15.8 Å². The molecule has 18 heavy (non-hydrogen) atoms. The second kappa shape index (κ2) is 5.06. The molecule has 0 fully saturated rings. The quantitative estimate of drug-likeness (QED) is 0.859. The van der Waals surface area contributed by atoms with Crippen LogP contribution in [-0.4, -0.2) is 12.1 Å². The van der Waals surface area contributed by atoms with Crippen LogP contribution in [0.3, 0.4) is 0 Å². The topological polar surface area (TPSA) is 84.0 Å². The van der Waals surface area contributed by atoms with Gasteiger partial charge in [-0.2, -0.15) is 5.26 Å². The molecule has 0 amide bonds. The average Bonchev–Trinajstić information content (AvgIpc) is 2.39. The molecule has 0 aliphatic rings. The Bertz CT molecular complexity index is 604. The lowest BCUT2D eigenvalue weighted by Gasteiger charge is -2.11. The fraction of sp³-hybridized carbons (Fsp3) is 0.0769. The zero-order valence-corrected chi connectivity index (χ0v) is 9.84. The molecular weight excluding hydrogens is 228 g/mol. The number of aromatic nitrogens is 1. The van der Waals surface area contributed by atoms with Gasteiger partial charge in [0.15, 0.2) is 0 Å². The van der Waals surface area contributed by atoms with Crippen LogP contribution in [0, 0.1) is 11.3 Å². The van der Waals surface area contributed by atoms with E-state index in [9.17, 15) is 0 Å². The van der Waals surface area contributed by atoms with Crippen molar-refractivity contribution in [3.05, 3.63) is 42.1 Å². The van der Waals surface area contributed by atoms with E-state index in [1.807, 2.05) is 0 Å². The maximum absolute atomic E-state index is 8.82. The normalized spacial score (nSPS) is 9.56. The Morgan fingerprint density at radius 1 is 1.33 bits per heavy atom. The SMILES string of the molecule is COc1cc(C#N)ccc1Nc1ccnc(N)c1. The van der Waals surface area contributed by atoms with Gasteiger partial charge < -0.3 is 15.8 Å². The molecule has 0 bridgehead atoms. The first-order valence-corrected chi connectivity index (χ1v) is 5.29. The molecule has 0 saturated carbocycles. The van der Waals surface area contributed by atoms with Gasteiger partial charge in [-0.15, -0.1) is 0 Å². The second-order valence-electron chi connectivity index (χ2n) is 3.62. The molecule has 1 aromatic carbocycles. The van der Waals surface area contributed by atoms with Gasteiger partial charge in [0.2, 0.25) is 0 Å². The number of rotatable bonds is 3. The van der Waals surface area contributed by atoms with Crippen LogP contribution in [0.4, 0.5) is 17.2 Å². The number of methoxy groups -OCH3 is 1. The summed E-state index contributed by atoms with van der Waals surface area (Å²) in [6.07, 6.45) is 1.62. The van der Waals surface area contributed by atoms with E-state index in [1.54, 1.807) is 43.6 Å². The molecule has 5 heteroatoms. The molecule has 0 atom stereocenters. The van der Waals surface area contributed by atoms with E-state index < -0.39 is 0 Å². The molecule has 1 aromatic heterocycles. The van der Waals surface area contributed by atoms with Crippen molar-refractivity contribution in [2.45, 2.75) is 0 Å². The van der Waals surface area contributed by atoms with E-state index >= 15 is 0 Å². The third kappa shape index (κ3) is 2.50. The molecule has 2 rings (SSSR count). The summed E-state index contributed by atoms with van der Waals surface area (Å²) in [5.74, 6) is 1.04. The zero-order valence-electron chi connectivity index (χ0n) is 9.84. The van der Waals surface area contributed by atoms with Crippen LogP contribution in [0.15, 0.2) is 36.5 Å². The maximum Gasteiger partial charge on any atom is 0.143 e. The molecule has 0 aliphatic heterocycles. The van der Waals surface area contributed by atoms with Gasteiger partial charge in [-0.05, 0) is 18.2 Å². The fourth-order valence-corrected chi connectivity index (χ4v) is 1.55. The van der Waals surface area contributed by atoms with Crippen molar-refractivity contribution in [2.75, 3.05) is 18.2 Å². The molecular formula is C13H12N4O. The Balaban J connectivity index is 2.32. The van der Waals surface area contributed by atoms with Crippen LogP contribution in [0.25, 0.3) is 0 Å². The number of ether oxygens (including phenoxy) is 1. The van der Waals surface area contributed by atoms with Gasteiger partial charge in [0.1, 0.15) is 11.6 Å². The summed E-state index contributed by atoms with van der Waals surface area (Å²) in [4.78, 5) is 3.91. The predicted octanol–water partition coefficient (Wildman–Crippen LogP) is 2.29. The van der Waals surface area contributed by atoms with Crippen LogP contribution in [0.1, 0.15) is 5.56 Å². The molecule has 1 heterocycles. The number of anilines is 3. The summed E-state index contributed by atoms with van der Waals surface area (Å²) in [6.45, 7) is 0. The highest BCUT2D eigenvalue weighted by atomic mass is 16.5. The number of nitrogens with two attached hydrogens (primary N) is 1. The number of nitrogens with one attached hydrogen (secondary N) is 1. The van der Waals surface area contributed by atoms with Gasteiger partial charge in [-0.1, -0.05) is 0 Å². The Morgan fingerprint density at radius 3 is 2.83 bits per heavy atom. The van der Waals surface area contributed by atoms with Crippen LogP contribution in [0.5, 0.6) is 5.75 Å². The number of nitrogen functional groups attached to an aromatic ring is 1. The van der Waals surface area contributed by atoms with Gasteiger partial charge in [-0.3, -0.25) is 0 Å². The van der Waals surface area contributed by atoms with E-state index in [0.717, 1.165) is 11.4 Å². The highest BCUT2D eigenvalue weighted by molar-refractivity contribution is 5.68. The number of nitriles is 1. The summed E-state index contributed by atoms with van der Waals surface area (Å²) in [5, 5.41) is 12.0. The fourth-order valence-electron chi connectivity index (χ4n) is 1.55. The minimum Gasteiger partial charge on any atom is -0.495 e. The lowest BCUT2D eigenvalue weighted by Crippen LogP contribution is -1.97. The van der Waals surface area contributed by atoms with Crippen LogP contribution in [-0.2, 0) is 0 Å². The number of hydrogen-bond donors (Lipinski definition) is 2. The van der Waals surface area contributed by atoms with Crippen LogP contribution >= 0.6 is 0 Å².